The Hall–Kier alpha value is -2.41. The van der Waals surface area contributed by atoms with Crippen molar-refractivity contribution in [1.29, 1.82) is 0 Å². The molecule has 0 aliphatic carbocycles. The second-order valence-corrected chi connectivity index (χ2v) is 7.24. The summed E-state index contributed by atoms with van der Waals surface area (Å²) in [4.78, 5) is 30.6. The standard InChI is InChI=1S/C18H21N3O3S/c1-12-15(25-16(20-12)13-5-3-2-4-6-13)11-19-18(24)21-9-7-14(8-10-21)17(22)23/h2-6,14H,7-11H2,1H3,(H,19,24)(H,22,23). The first-order chi connectivity index (χ1) is 12.0. The van der Waals surface area contributed by atoms with Crippen molar-refractivity contribution < 1.29 is 14.7 Å². The molecular formula is C18H21N3O3S. The van der Waals surface area contributed by atoms with E-state index in [-0.39, 0.29) is 11.9 Å². The summed E-state index contributed by atoms with van der Waals surface area (Å²) in [6.45, 7) is 3.36. The minimum atomic E-state index is -0.770. The Bertz CT molecular complexity index is 752. The molecular weight excluding hydrogens is 338 g/mol. The summed E-state index contributed by atoms with van der Waals surface area (Å²) in [5, 5.41) is 12.9. The van der Waals surface area contributed by atoms with Crippen molar-refractivity contribution >= 4 is 23.3 Å². The van der Waals surface area contributed by atoms with Gasteiger partial charge in [0.2, 0.25) is 0 Å². The molecule has 0 atom stereocenters. The van der Waals surface area contributed by atoms with Crippen molar-refractivity contribution in [2.75, 3.05) is 13.1 Å². The topological polar surface area (TPSA) is 82.5 Å². The van der Waals surface area contributed by atoms with E-state index < -0.39 is 5.97 Å². The number of carbonyl (C=O) groups is 2. The fraction of sp³-hybridized carbons (Fsp3) is 0.389. The van der Waals surface area contributed by atoms with Crippen LogP contribution in [0.15, 0.2) is 30.3 Å². The maximum Gasteiger partial charge on any atom is 0.317 e. The summed E-state index contributed by atoms with van der Waals surface area (Å²) in [6.07, 6.45) is 1.03. The van der Waals surface area contributed by atoms with E-state index in [1.165, 1.54) is 0 Å². The fourth-order valence-electron chi connectivity index (χ4n) is 2.89. The Balaban J connectivity index is 1.56. The van der Waals surface area contributed by atoms with E-state index >= 15 is 0 Å². The predicted octanol–water partition coefficient (Wildman–Crippen LogP) is 3.12. The van der Waals surface area contributed by atoms with E-state index in [9.17, 15) is 9.59 Å². The minimum absolute atomic E-state index is 0.141. The number of amides is 2. The van der Waals surface area contributed by atoms with Crippen LogP contribution in [0.5, 0.6) is 0 Å². The van der Waals surface area contributed by atoms with Crippen LogP contribution in [0.2, 0.25) is 0 Å². The van der Waals surface area contributed by atoms with Gasteiger partial charge >= 0.3 is 12.0 Å². The number of benzene rings is 1. The zero-order valence-electron chi connectivity index (χ0n) is 14.1. The molecule has 1 aromatic heterocycles. The highest BCUT2D eigenvalue weighted by molar-refractivity contribution is 7.15. The van der Waals surface area contributed by atoms with Crippen LogP contribution in [0.3, 0.4) is 0 Å². The number of aryl methyl sites for hydroxylation is 1. The molecule has 0 radical (unpaired) electrons. The molecule has 1 saturated heterocycles. The van der Waals surface area contributed by atoms with E-state index in [0.717, 1.165) is 21.1 Å². The Labute approximate surface area is 150 Å². The minimum Gasteiger partial charge on any atom is -0.481 e. The number of carboxylic acids is 1. The second kappa shape index (κ2) is 7.65. The average molecular weight is 359 g/mol. The van der Waals surface area contributed by atoms with E-state index in [1.54, 1.807) is 16.2 Å². The van der Waals surface area contributed by atoms with Crippen LogP contribution in [0.25, 0.3) is 10.6 Å². The number of carbonyl (C=O) groups excluding carboxylic acids is 1. The van der Waals surface area contributed by atoms with Gasteiger partial charge in [0.15, 0.2) is 0 Å². The van der Waals surface area contributed by atoms with Crippen LogP contribution in [0.4, 0.5) is 4.79 Å². The van der Waals surface area contributed by atoms with Gasteiger partial charge in [-0.1, -0.05) is 30.3 Å². The largest absolute Gasteiger partial charge is 0.481 e. The average Bonchev–Trinajstić information content (AvgIpc) is 3.01. The van der Waals surface area contributed by atoms with Gasteiger partial charge < -0.3 is 15.3 Å². The Morgan fingerprint density at radius 1 is 1.28 bits per heavy atom. The molecule has 6 nitrogen and oxygen atoms in total. The third-order valence-corrected chi connectivity index (χ3v) is 5.65. The lowest BCUT2D eigenvalue weighted by molar-refractivity contribution is -0.143. The maximum absolute atomic E-state index is 12.3. The number of likely N-dealkylation sites (tertiary alicyclic amines) is 1. The van der Waals surface area contributed by atoms with Gasteiger partial charge in [-0.05, 0) is 19.8 Å². The highest BCUT2D eigenvalue weighted by atomic mass is 32.1. The molecule has 7 heteroatoms. The summed E-state index contributed by atoms with van der Waals surface area (Å²) >= 11 is 1.58. The SMILES string of the molecule is Cc1nc(-c2ccccc2)sc1CNC(=O)N1CCC(C(=O)O)CC1. The lowest BCUT2D eigenvalue weighted by atomic mass is 9.97. The maximum atomic E-state index is 12.3. The molecule has 1 aromatic carbocycles. The van der Waals surface area contributed by atoms with Gasteiger partial charge in [0.1, 0.15) is 5.01 Å². The highest BCUT2D eigenvalue weighted by Gasteiger charge is 2.26. The van der Waals surface area contributed by atoms with Crippen molar-refractivity contribution in [2.24, 2.45) is 5.92 Å². The lowest BCUT2D eigenvalue weighted by Gasteiger charge is -2.30. The molecule has 2 aromatic rings. The Morgan fingerprint density at radius 3 is 2.60 bits per heavy atom. The van der Waals surface area contributed by atoms with Crippen molar-refractivity contribution in [3.63, 3.8) is 0 Å². The number of aliphatic carboxylic acids is 1. The van der Waals surface area contributed by atoms with Gasteiger partial charge in [-0.15, -0.1) is 11.3 Å². The molecule has 0 saturated carbocycles. The number of nitrogens with one attached hydrogen (secondary N) is 1. The molecule has 2 amide bonds. The number of carboxylic acid groups (broad SMARTS) is 1. The summed E-state index contributed by atoms with van der Waals surface area (Å²) in [5.41, 5.74) is 2.00. The molecule has 0 unspecified atom stereocenters. The Kier molecular flexibility index (Phi) is 5.33. The summed E-state index contributed by atoms with van der Waals surface area (Å²) in [5.74, 6) is -1.10. The van der Waals surface area contributed by atoms with Crippen LogP contribution in [-0.4, -0.2) is 40.1 Å². The molecule has 0 bridgehead atoms. The van der Waals surface area contributed by atoms with E-state index in [4.69, 9.17) is 5.11 Å². The third kappa shape index (κ3) is 4.17. The smallest absolute Gasteiger partial charge is 0.317 e. The third-order valence-electron chi connectivity index (χ3n) is 4.44. The number of urea groups is 1. The van der Waals surface area contributed by atoms with Crippen LogP contribution >= 0.6 is 11.3 Å². The molecule has 25 heavy (non-hydrogen) atoms. The molecule has 132 valence electrons. The van der Waals surface area contributed by atoms with Crippen molar-refractivity contribution in [2.45, 2.75) is 26.3 Å². The number of aromatic nitrogens is 1. The van der Waals surface area contributed by atoms with Crippen molar-refractivity contribution in [3.8, 4) is 10.6 Å². The van der Waals surface area contributed by atoms with E-state index in [2.05, 4.69) is 10.3 Å². The highest BCUT2D eigenvalue weighted by Crippen LogP contribution is 2.27. The van der Waals surface area contributed by atoms with Crippen molar-refractivity contribution in [3.05, 3.63) is 40.9 Å². The quantitative estimate of drug-likeness (QED) is 0.879. The van der Waals surface area contributed by atoms with Gasteiger partial charge in [-0.25, -0.2) is 9.78 Å². The molecule has 3 rings (SSSR count). The number of hydrogen-bond acceptors (Lipinski definition) is 4. The van der Waals surface area contributed by atoms with Crippen molar-refractivity contribution in [1.82, 2.24) is 15.2 Å². The van der Waals surface area contributed by atoms with Crippen LogP contribution < -0.4 is 5.32 Å². The second-order valence-electron chi connectivity index (χ2n) is 6.15. The van der Waals surface area contributed by atoms with Gasteiger partial charge in [0.25, 0.3) is 0 Å². The normalized spacial score (nSPS) is 15.2. The van der Waals surface area contributed by atoms with E-state index in [1.807, 2.05) is 37.3 Å². The Morgan fingerprint density at radius 2 is 1.96 bits per heavy atom. The first-order valence-electron chi connectivity index (χ1n) is 8.32. The number of thiazole rings is 1. The predicted molar refractivity (Wildman–Crippen MR) is 96.5 cm³/mol. The number of rotatable bonds is 4. The van der Waals surface area contributed by atoms with Gasteiger partial charge in [-0.2, -0.15) is 0 Å². The summed E-state index contributed by atoms with van der Waals surface area (Å²) in [6, 6.07) is 9.83. The van der Waals surface area contributed by atoms with Crippen LogP contribution in [-0.2, 0) is 11.3 Å². The molecule has 2 heterocycles. The molecule has 1 aliphatic heterocycles. The fourth-order valence-corrected chi connectivity index (χ4v) is 3.90. The number of hydrogen-bond donors (Lipinski definition) is 2. The van der Waals surface area contributed by atoms with Crippen LogP contribution in [0, 0.1) is 12.8 Å². The molecule has 0 spiro atoms. The molecule has 2 N–H and O–H groups in total. The van der Waals surface area contributed by atoms with E-state index in [0.29, 0.717) is 32.5 Å². The lowest BCUT2D eigenvalue weighted by Crippen LogP contribution is -2.45. The first kappa shape index (κ1) is 17.4. The van der Waals surface area contributed by atoms with Gasteiger partial charge in [-0.3, -0.25) is 4.79 Å². The van der Waals surface area contributed by atoms with Gasteiger partial charge in [0, 0.05) is 23.5 Å². The zero-order valence-corrected chi connectivity index (χ0v) is 14.9. The van der Waals surface area contributed by atoms with Gasteiger partial charge in [0.05, 0.1) is 18.2 Å². The number of piperidine rings is 1. The number of nitrogens with zero attached hydrogens (tertiary/aromatic N) is 2. The summed E-state index contributed by atoms with van der Waals surface area (Å²) in [7, 11) is 0. The van der Waals surface area contributed by atoms with Crippen LogP contribution in [0.1, 0.15) is 23.4 Å². The summed E-state index contributed by atoms with van der Waals surface area (Å²) < 4.78 is 0. The molecule has 1 fully saturated rings. The zero-order chi connectivity index (χ0) is 17.8. The monoisotopic (exact) mass is 359 g/mol. The molecule has 1 aliphatic rings. The first-order valence-corrected chi connectivity index (χ1v) is 9.13.